The lowest BCUT2D eigenvalue weighted by Gasteiger charge is -2.24. The number of alkyl halides is 3. The average molecular weight is 527 g/mol. The molecule has 0 bridgehead atoms. The molecule has 0 spiro atoms. The molecule has 1 aromatic heterocycles. The zero-order valence-corrected chi connectivity index (χ0v) is 20.1. The molecule has 0 atom stereocenters. The molecule has 0 aliphatic heterocycles. The molecule has 0 saturated heterocycles. The fourth-order valence-corrected chi connectivity index (χ4v) is 4.02. The summed E-state index contributed by atoms with van der Waals surface area (Å²) in [6.45, 7) is 3.66. The van der Waals surface area contributed by atoms with E-state index < -0.39 is 28.0 Å². The highest BCUT2D eigenvalue weighted by Gasteiger charge is 2.35. The molecule has 0 aliphatic carbocycles. The Morgan fingerprint density at radius 2 is 1.78 bits per heavy atom. The third-order valence-corrected chi connectivity index (χ3v) is 6.39. The van der Waals surface area contributed by atoms with Gasteiger partial charge in [-0.3, -0.25) is 5.01 Å². The molecule has 36 heavy (non-hydrogen) atoms. The number of nitrogens with one attached hydrogen (secondary N) is 2. The Morgan fingerprint density at radius 1 is 1.14 bits per heavy atom. The highest BCUT2D eigenvalue weighted by Crippen LogP contribution is 2.33. The summed E-state index contributed by atoms with van der Waals surface area (Å²) in [4.78, 5) is 11.5. The van der Waals surface area contributed by atoms with Crippen LogP contribution in [0.25, 0.3) is 16.9 Å². The van der Waals surface area contributed by atoms with Crippen LogP contribution in [0.2, 0.25) is 0 Å². The molecule has 0 saturated carbocycles. The monoisotopic (exact) mass is 526 g/mol. The SMILES string of the molecule is CCN(CCOC(=O)NS(=O)(=O)c1ccc(-n2nc(C(F)(F)F)cc2-c2ccc(C)cc2)cc1)N[O-]. The number of nitrogens with zero attached hydrogens (tertiary/aromatic N) is 3. The van der Waals surface area contributed by atoms with Gasteiger partial charge >= 0.3 is 12.3 Å². The van der Waals surface area contributed by atoms with E-state index in [1.54, 1.807) is 41.5 Å². The number of rotatable bonds is 9. The molecule has 0 radical (unpaired) electrons. The van der Waals surface area contributed by atoms with E-state index in [-0.39, 0.29) is 29.4 Å². The summed E-state index contributed by atoms with van der Waals surface area (Å²) in [5.41, 5.74) is 2.27. The Balaban J connectivity index is 1.81. The number of halogens is 3. The summed E-state index contributed by atoms with van der Waals surface area (Å²) in [6, 6.07) is 12.5. The van der Waals surface area contributed by atoms with Gasteiger partial charge in [0.1, 0.15) is 6.61 Å². The molecular weight excluding hydrogens is 503 g/mol. The van der Waals surface area contributed by atoms with Crippen molar-refractivity contribution in [1.29, 1.82) is 0 Å². The second-order valence-corrected chi connectivity index (χ2v) is 9.28. The van der Waals surface area contributed by atoms with Gasteiger partial charge in [-0.25, -0.2) is 22.6 Å². The van der Waals surface area contributed by atoms with Crippen molar-refractivity contribution >= 4 is 16.1 Å². The maximum atomic E-state index is 13.4. The summed E-state index contributed by atoms with van der Waals surface area (Å²) in [6.07, 6.45) is -5.93. The standard InChI is InChI=1S/C22H23F3N5O5S/c1-3-29(28-32)12-13-35-21(31)27-36(33,34)18-10-8-17(9-11-18)30-19(14-20(26-30)22(23,24)25)16-6-4-15(2)5-7-16/h4-11,14,28H,3,12-13H2,1-2H3,(H,27,31)/q-1. The number of ether oxygens (including phenoxy) is 1. The first-order chi connectivity index (χ1) is 16.9. The fourth-order valence-electron chi connectivity index (χ4n) is 3.13. The molecule has 0 unspecified atom stereocenters. The molecule has 1 amide bonds. The van der Waals surface area contributed by atoms with Crippen LogP contribution < -0.4 is 10.3 Å². The number of sulfonamides is 1. The van der Waals surface area contributed by atoms with E-state index >= 15 is 0 Å². The van der Waals surface area contributed by atoms with Gasteiger partial charge in [0.25, 0.3) is 10.0 Å². The molecular formula is C22H23F3N5O5S-. The van der Waals surface area contributed by atoms with Crippen molar-refractivity contribution in [1.82, 2.24) is 25.1 Å². The topological polar surface area (TPSA) is 129 Å². The highest BCUT2D eigenvalue weighted by molar-refractivity contribution is 7.90. The van der Waals surface area contributed by atoms with Gasteiger partial charge < -0.3 is 15.5 Å². The van der Waals surface area contributed by atoms with Crippen molar-refractivity contribution in [3.63, 3.8) is 0 Å². The van der Waals surface area contributed by atoms with Crippen LogP contribution in [0, 0.1) is 12.1 Å². The molecule has 3 rings (SSSR count). The Labute approximate surface area is 205 Å². The maximum Gasteiger partial charge on any atom is 0.435 e. The van der Waals surface area contributed by atoms with E-state index in [0.29, 0.717) is 12.1 Å². The van der Waals surface area contributed by atoms with Crippen molar-refractivity contribution in [2.45, 2.75) is 24.9 Å². The minimum Gasteiger partial charge on any atom is -0.774 e. The number of aryl methyl sites for hydroxylation is 1. The minimum absolute atomic E-state index is 0.0370. The van der Waals surface area contributed by atoms with Crippen LogP contribution in [-0.4, -0.2) is 49.0 Å². The van der Waals surface area contributed by atoms with E-state index in [1.807, 2.05) is 6.92 Å². The molecule has 2 N–H and O–H groups in total. The lowest BCUT2D eigenvalue weighted by atomic mass is 10.1. The first-order valence-corrected chi connectivity index (χ1v) is 12.1. The van der Waals surface area contributed by atoms with Gasteiger partial charge in [-0.15, -0.1) is 0 Å². The van der Waals surface area contributed by atoms with E-state index in [0.717, 1.165) is 28.4 Å². The molecule has 0 aliphatic rings. The van der Waals surface area contributed by atoms with Crippen molar-refractivity contribution in [3.8, 4) is 16.9 Å². The largest absolute Gasteiger partial charge is 0.774 e. The van der Waals surface area contributed by atoms with Crippen LogP contribution >= 0.6 is 0 Å². The van der Waals surface area contributed by atoms with Crippen LogP contribution in [0.4, 0.5) is 18.0 Å². The minimum atomic E-state index is -4.68. The van der Waals surface area contributed by atoms with Gasteiger partial charge in [-0.2, -0.15) is 18.3 Å². The summed E-state index contributed by atoms with van der Waals surface area (Å²) >= 11 is 0. The lowest BCUT2D eigenvalue weighted by Crippen LogP contribution is -2.38. The van der Waals surface area contributed by atoms with Crippen LogP contribution in [0.15, 0.2) is 59.5 Å². The fraction of sp³-hybridized carbons (Fsp3) is 0.273. The molecule has 0 fully saturated rings. The maximum absolute atomic E-state index is 13.4. The number of benzene rings is 2. The quantitative estimate of drug-likeness (QED) is 0.405. The zero-order chi connectivity index (χ0) is 26.5. The third kappa shape index (κ3) is 6.60. The van der Waals surface area contributed by atoms with Crippen LogP contribution in [-0.2, 0) is 20.9 Å². The summed E-state index contributed by atoms with van der Waals surface area (Å²) < 4.78 is 72.6. The van der Waals surface area contributed by atoms with Gasteiger partial charge in [-0.05, 0) is 37.3 Å². The van der Waals surface area contributed by atoms with Crippen molar-refractivity contribution < 1.29 is 31.1 Å². The Bertz CT molecular complexity index is 1290. The first-order valence-electron chi connectivity index (χ1n) is 10.6. The van der Waals surface area contributed by atoms with E-state index in [9.17, 15) is 31.6 Å². The van der Waals surface area contributed by atoms with Crippen LogP contribution in [0.3, 0.4) is 0 Å². The van der Waals surface area contributed by atoms with E-state index in [1.165, 1.54) is 17.1 Å². The van der Waals surface area contributed by atoms with Crippen molar-refractivity contribution in [2.75, 3.05) is 19.7 Å². The predicted molar refractivity (Wildman–Crippen MR) is 124 cm³/mol. The Morgan fingerprint density at radius 3 is 2.33 bits per heavy atom. The normalized spacial score (nSPS) is 12.1. The van der Waals surface area contributed by atoms with Gasteiger partial charge in [-0.1, -0.05) is 36.8 Å². The molecule has 194 valence electrons. The molecule has 3 aromatic rings. The number of aromatic nitrogens is 2. The van der Waals surface area contributed by atoms with Gasteiger partial charge in [0.05, 0.1) is 16.3 Å². The molecule has 1 heterocycles. The number of hydrazine groups is 1. The third-order valence-electron chi connectivity index (χ3n) is 5.06. The Hall–Kier alpha value is -3.46. The lowest BCUT2D eigenvalue weighted by molar-refractivity contribution is -0.141. The van der Waals surface area contributed by atoms with E-state index in [2.05, 4.69) is 5.10 Å². The van der Waals surface area contributed by atoms with Crippen molar-refractivity contribution in [2.24, 2.45) is 0 Å². The second kappa shape index (κ2) is 11.1. The molecule has 10 nitrogen and oxygen atoms in total. The van der Waals surface area contributed by atoms with E-state index in [4.69, 9.17) is 4.74 Å². The Kier molecular flexibility index (Phi) is 8.35. The first kappa shape index (κ1) is 27.1. The summed E-state index contributed by atoms with van der Waals surface area (Å²) in [5, 5.41) is 15.5. The number of amides is 1. The predicted octanol–water partition coefficient (Wildman–Crippen LogP) is 3.61. The van der Waals surface area contributed by atoms with Crippen LogP contribution in [0.1, 0.15) is 18.2 Å². The number of carbonyl (C=O) groups is 1. The zero-order valence-electron chi connectivity index (χ0n) is 19.2. The second-order valence-electron chi connectivity index (χ2n) is 7.60. The molecule has 2 aromatic carbocycles. The van der Waals surface area contributed by atoms with Crippen LogP contribution in [0.5, 0.6) is 0 Å². The summed E-state index contributed by atoms with van der Waals surface area (Å²) in [5.74, 6) is 0. The van der Waals surface area contributed by atoms with Crippen molar-refractivity contribution in [3.05, 3.63) is 71.1 Å². The molecule has 14 heteroatoms. The van der Waals surface area contributed by atoms with Gasteiger partial charge in [0, 0.05) is 18.7 Å². The van der Waals surface area contributed by atoms with Gasteiger partial charge in [0.15, 0.2) is 5.69 Å². The smallest absolute Gasteiger partial charge is 0.435 e. The average Bonchev–Trinajstić information content (AvgIpc) is 3.28. The number of hydrogen-bond donors (Lipinski definition) is 2. The highest BCUT2D eigenvalue weighted by atomic mass is 32.2. The summed E-state index contributed by atoms with van der Waals surface area (Å²) in [7, 11) is -4.33. The number of carbonyl (C=O) groups excluding carboxylic acids is 1. The number of hydrogen-bond acceptors (Lipinski definition) is 8. The van der Waals surface area contributed by atoms with Gasteiger partial charge in [0.2, 0.25) is 0 Å². The number of likely N-dealkylation sites (N-methyl/N-ethyl adjacent to an activating group) is 1.